The van der Waals surface area contributed by atoms with Crippen molar-refractivity contribution in [2.75, 3.05) is 41.3 Å². The van der Waals surface area contributed by atoms with Gasteiger partial charge in [-0.15, -0.1) is 0 Å². The van der Waals surface area contributed by atoms with E-state index in [1.54, 1.807) is 6.33 Å². The monoisotopic (exact) mass is 363 g/mol. The Balaban J connectivity index is 1.43. The molecule has 0 aliphatic carbocycles. The molecule has 1 saturated heterocycles. The van der Waals surface area contributed by atoms with Gasteiger partial charge in [-0.2, -0.15) is 0 Å². The van der Waals surface area contributed by atoms with Gasteiger partial charge in [0.15, 0.2) is 0 Å². The Hall–Kier alpha value is -3.42. The minimum Gasteiger partial charge on any atom is -0.353 e. The van der Waals surface area contributed by atoms with Crippen LogP contribution in [0.15, 0.2) is 53.6 Å². The highest BCUT2D eigenvalue weighted by molar-refractivity contribution is 5.59. The fraction of sp³-hybridized carbons (Fsp3) is 0.263. The summed E-state index contributed by atoms with van der Waals surface area (Å²) in [5, 5.41) is 3.29. The molecule has 8 heteroatoms. The normalized spacial score (nSPS) is 14.3. The van der Waals surface area contributed by atoms with Crippen LogP contribution in [0.4, 0.5) is 23.3 Å². The van der Waals surface area contributed by atoms with E-state index in [4.69, 9.17) is 0 Å². The largest absolute Gasteiger partial charge is 0.353 e. The number of rotatable bonds is 4. The topological polar surface area (TPSA) is 90.0 Å². The van der Waals surface area contributed by atoms with Crippen molar-refractivity contribution in [2.24, 2.45) is 0 Å². The first-order chi connectivity index (χ1) is 13.2. The third-order valence-corrected chi connectivity index (χ3v) is 4.46. The SMILES string of the molecule is Cc1cc(=O)[nH]c(N2CCN(c3cc(Nc4ccccc4)ncn3)CC2)n1. The number of aromatic nitrogens is 4. The van der Waals surface area contributed by atoms with Crippen molar-refractivity contribution in [2.45, 2.75) is 6.92 Å². The summed E-state index contributed by atoms with van der Waals surface area (Å²) in [6, 6.07) is 13.4. The molecule has 1 aromatic carbocycles. The van der Waals surface area contributed by atoms with Crippen LogP contribution in [0.1, 0.15) is 5.69 Å². The fourth-order valence-corrected chi connectivity index (χ4v) is 3.12. The third kappa shape index (κ3) is 4.05. The first kappa shape index (κ1) is 17.0. The lowest BCUT2D eigenvalue weighted by Crippen LogP contribution is -2.47. The van der Waals surface area contributed by atoms with Gasteiger partial charge in [0.1, 0.15) is 18.0 Å². The van der Waals surface area contributed by atoms with Crippen molar-refractivity contribution in [3.63, 3.8) is 0 Å². The number of hydrogen-bond donors (Lipinski definition) is 2. The number of anilines is 4. The molecule has 27 heavy (non-hydrogen) atoms. The summed E-state index contributed by atoms with van der Waals surface area (Å²) in [7, 11) is 0. The Morgan fingerprint density at radius 2 is 1.74 bits per heavy atom. The van der Waals surface area contributed by atoms with Crippen LogP contribution in [0.25, 0.3) is 0 Å². The molecule has 0 saturated carbocycles. The van der Waals surface area contributed by atoms with Crippen LogP contribution in [0.2, 0.25) is 0 Å². The summed E-state index contributed by atoms with van der Waals surface area (Å²) in [6.45, 7) is 4.94. The van der Waals surface area contributed by atoms with Crippen molar-refractivity contribution in [1.82, 2.24) is 19.9 Å². The van der Waals surface area contributed by atoms with Crippen molar-refractivity contribution in [1.29, 1.82) is 0 Å². The van der Waals surface area contributed by atoms with Gasteiger partial charge in [0, 0.05) is 49.7 Å². The van der Waals surface area contributed by atoms with Gasteiger partial charge in [-0.05, 0) is 19.1 Å². The zero-order valence-corrected chi connectivity index (χ0v) is 15.1. The molecule has 0 bridgehead atoms. The van der Waals surface area contributed by atoms with E-state index in [2.05, 4.69) is 35.1 Å². The molecule has 0 radical (unpaired) electrons. The summed E-state index contributed by atoms with van der Waals surface area (Å²) in [5.41, 5.74) is 1.59. The van der Waals surface area contributed by atoms with Crippen molar-refractivity contribution in [3.8, 4) is 0 Å². The van der Waals surface area contributed by atoms with E-state index in [9.17, 15) is 4.79 Å². The molecule has 8 nitrogen and oxygen atoms in total. The molecule has 1 aliphatic rings. The zero-order chi connectivity index (χ0) is 18.6. The predicted molar refractivity (Wildman–Crippen MR) is 106 cm³/mol. The Morgan fingerprint density at radius 3 is 2.48 bits per heavy atom. The number of H-pyrrole nitrogens is 1. The molecule has 3 heterocycles. The molecular formula is C19H21N7O. The second kappa shape index (κ2) is 7.45. The van der Waals surface area contributed by atoms with Gasteiger partial charge < -0.3 is 15.1 Å². The van der Waals surface area contributed by atoms with Gasteiger partial charge in [0.05, 0.1) is 0 Å². The molecule has 1 fully saturated rings. The Morgan fingerprint density at radius 1 is 1.00 bits per heavy atom. The Bertz CT molecular complexity index is 965. The van der Waals surface area contributed by atoms with E-state index in [0.717, 1.165) is 49.2 Å². The molecule has 4 rings (SSSR count). The molecule has 1 aliphatic heterocycles. The molecule has 0 spiro atoms. The molecular weight excluding hydrogens is 342 g/mol. The van der Waals surface area contributed by atoms with E-state index in [-0.39, 0.29) is 5.56 Å². The minimum atomic E-state index is -0.118. The highest BCUT2D eigenvalue weighted by atomic mass is 16.1. The van der Waals surface area contributed by atoms with E-state index in [1.165, 1.54) is 6.07 Å². The molecule has 2 N–H and O–H groups in total. The lowest BCUT2D eigenvalue weighted by atomic mass is 10.3. The number of nitrogens with zero attached hydrogens (tertiary/aromatic N) is 5. The van der Waals surface area contributed by atoms with Gasteiger partial charge in [0.25, 0.3) is 5.56 Å². The fourth-order valence-electron chi connectivity index (χ4n) is 3.12. The van der Waals surface area contributed by atoms with E-state index in [0.29, 0.717) is 5.95 Å². The first-order valence-corrected chi connectivity index (χ1v) is 8.89. The van der Waals surface area contributed by atoms with Gasteiger partial charge in [0.2, 0.25) is 5.95 Å². The Kier molecular flexibility index (Phi) is 4.69. The van der Waals surface area contributed by atoms with Crippen LogP contribution in [0.5, 0.6) is 0 Å². The summed E-state index contributed by atoms with van der Waals surface area (Å²) in [4.78, 5) is 31.9. The maximum Gasteiger partial charge on any atom is 0.252 e. The molecule has 0 atom stereocenters. The lowest BCUT2D eigenvalue weighted by Gasteiger charge is -2.35. The van der Waals surface area contributed by atoms with Crippen LogP contribution >= 0.6 is 0 Å². The molecule has 0 amide bonds. The summed E-state index contributed by atoms with van der Waals surface area (Å²) >= 11 is 0. The lowest BCUT2D eigenvalue weighted by molar-refractivity contribution is 0.632. The number of aryl methyl sites for hydroxylation is 1. The predicted octanol–water partition coefficient (Wildman–Crippen LogP) is 1.94. The van der Waals surface area contributed by atoms with Gasteiger partial charge >= 0.3 is 0 Å². The highest BCUT2D eigenvalue weighted by Gasteiger charge is 2.20. The summed E-state index contributed by atoms with van der Waals surface area (Å²) in [5.74, 6) is 2.28. The second-order valence-corrected chi connectivity index (χ2v) is 6.44. The van der Waals surface area contributed by atoms with Crippen LogP contribution in [-0.2, 0) is 0 Å². The van der Waals surface area contributed by atoms with E-state index < -0.39 is 0 Å². The number of benzene rings is 1. The van der Waals surface area contributed by atoms with Crippen LogP contribution in [0, 0.1) is 6.92 Å². The second-order valence-electron chi connectivity index (χ2n) is 6.44. The average Bonchev–Trinajstić information content (AvgIpc) is 2.68. The zero-order valence-electron chi connectivity index (χ0n) is 15.1. The smallest absolute Gasteiger partial charge is 0.252 e. The first-order valence-electron chi connectivity index (χ1n) is 8.89. The van der Waals surface area contributed by atoms with Crippen molar-refractivity contribution < 1.29 is 0 Å². The average molecular weight is 363 g/mol. The Labute approximate surface area is 156 Å². The maximum atomic E-state index is 11.7. The summed E-state index contributed by atoms with van der Waals surface area (Å²) < 4.78 is 0. The number of nitrogens with one attached hydrogen (secondary N) is 2. The van der Waals surface area contributed by atoms with Gasteiger partial charge in [-0.1, -0.05) is 18.2 Å². The number of para-hydroxylation sites is 1. The molecule has 138 valence electrons. The standard InChI is InChI=1S/C19H21N7O/c1-14-11-18(27)24-19(22-14)26-9-7-25(8-10-26)17-12-16(20-13-21-17)23-15-5-3-2-4-6-15/h2-6,11-13H,7-10H2,1H3,(H,20,21,23)(H,22,24,27). The van der Waals surface area contributed by atoms with Crippen LogP contribution in [0.3, 0.4) is 0 Å². The summed E-state index contributed by atoms with van der Waals surface area (Å²) in [6.07, 6.45) is 1.58. The van der Waals surface area contributed by atoms with E-state index in [1.807, 2.05) is 43.3 Å². The quantitative estimate of drug-likeness (QED) is 0.732. The third-order valence-electron chi connectivity index (χ3n) is 4.46. The number of piperazine rings is 1. The molecule has 2 aromatic heterocycles. The number of aromatic amines is 1. The maximum absolute atomic E-state index is 11.7. The van der Waals surface area contributed by atoms with Crippen molar-refractivity contribution >= 4 is 23.3 Å². The number of hydrogen-bond acceptors (Lipinski definition) is 7. The molecule has 0 unspecified atom stereocenters. The van der Waals surface area contributed by atoms with Gasteiger partial charge in [-0.25, -0.2) is 15.0 Å². The minimum absolute atomic E-state index is 0.118. The van der Waals surface area contributed by atoms with Crippen LogP contribution < -0.4 is 20.7 Å². The van der Waals surface area contributed by atoms with E-state index >= 15 is 0 Å². The van der Waals surface area contributed by atoms with Crippen molar-refractivity contribution in [3.05, 3.63) is 64.8 Å². The van der Waals surface area contributed by atoms with Gasteiger partial charge in [-0.3, -0.25) is 9.78 Å². The molecule has 3 aromatic rings. The van der Waals surface area contributed by atoms with Crippen LogP contribution in [-0.4, -0.2) is 46.1 Å². The highest BCUT2D eigenvalue weighted by Crippen LogP contribution is 2.20.